The minimum absolute atomic E-state index is 0.204. The van der Waals surface area contributed by atoms with E-state index in [4.69, 9.17) is 5.73 Å². The molecule has 5 nitrogen and oxygen atoms in total. The maximum Gasteiger partial charge on any atom is 0.178 e. The molecule has 90 valence electrons. The van der Waals surface area contributed by atoms with Crippen LogP contribution in [0.15, 0.2) is 41.6 Å². The average molecular weight is 251 g/mol. The zero-order chi connectivity index (χ0) is 12.5. The van der Waals surface area contributed by atoms with Crippen molar-refractivity contribution in [2.45, 2.75) is 11.4 Å². The van der Waals surface area contributed by atoms with Gasteiger partial charge in [-0.05, 0) is 17.7 Å². The Bertz CT molecular complexity index is 632. The molecule has 1 aromatic heterocycles. The molecule has 0 fully saturated rings. The Kier molecular flexibility index (Phi) is 2.99. The van der Waals surface area contributed by atoms with Crippen LogP contribution >= 0.6 is 0 Å². The predicted molar refractivity (Wildman–Crippen MR) is 64.6 cm³/mol. The highest BCUT2D eigenvalue weighted by Crippen LogP contribution is 2.13. The van der Waals surface area contributed by atoms with Gasteiger partial charge in [0.15, 0.2) is 9.84 Å². The van der Waals surface area contributed by atoms with E-state index >= 15 is 0 Å². The summed E-state index contributed by atoms with van der Waals surface area (Å²) in [6, 6.07) is 7.49. The molecule has 2 rings (SSSR count). The van der Waals surface area contributed by atoms with Crippen LogP contribution in [0, 0.1) is 0 Å². The minimum atomic E-state index is -3.21. The van der Waals surface area contributed by atoms with Gasteiger partial charge >= 0.3 is 0 Å². The Morgan fingerprint density at radius 3 is 2.76 bits per heavy atom. The summed E-state index contributed by atoms with van der Waals surface area (Å²) in [5.74, 6) is 0. The van der Waals surface area contributed by atoms with Crippen LogP contribution in [-0.2, 0) is 16.4 Å². The Morgan fingerprint density at radius 2 is 2.18 bits per heavy atom. The first-order valence-corrected chi connectivity index (χ1v) is 6.94. The summed E-state index contributed by atoms with van der Waals surface area (Å²) in [5.41, 5.74) is 7.31. The lowest BCUT2D eigenvalue weighted by Crippen LogP contribution is -2.00. The van der Waals surface area contributed by atoms with Crippen LogP contribution < -0.4 is 5.73 Å². The number of nitrogens with two attached hydrogens (primary N) is 1. The minimum Gasteiger partial charge on any atom is -0.326 e. The highest BCUT2D eigenvalue weighted by atomic mass is 32.2. The number of nitrogens with zero attached hydrogens (tertiary/aromatic N) is 2. The van der Waals surface area contributed by atoms with Gasteiger partial charge in [0.2, 0.25) is 0 Å². The van der Waals surface area contributed by atoms with Crippen LogP contribution in [0.5, 0.6) is 0 Å². The Balaban J connectivity index is 2.43. The molecule has 0 atom stereocenters. The van der Waals surface area contributed by atoms with Gasteiger partial charge in [-0.25, -0.2) is 13.1 Å². The maximum absolute atomic E-state index is 11.3. The van der Waals surface area contributed by atoms with E-state index in [1.54, 1.807) is 0 Å². The SMILES string of the molecule is CS(=O)(=O)c1cnn(-c2cccc(CN)c2)c1. The molecule has 0 aliphatic heterocycles. The fraction of sp³-hybridized carbons (Fsp3) is 0.182. The number of rotatable bonds is 3. The number of aromatic nitrogens is 2. The molecule has 0 saturated heterocycles. The summed E-state index contributed by atoms with van der Waals surface area (Å²) >= 11 is 0. The molecular weight excluding hydrogens is 238 g/mol. The summed E-state index contributed by atoms with van der Waals surface area (Å²) in [5, 5.41) is 4.02. The summed E-state index contributed by atoms with van der Waals surface area (Å²) in [4.78, 5) is 0.204. The molecule has 1 aromatic carbocycles. The van der Waals surface area contributed by atoms with Crippen molar-refractivity contribution in [3.63, 3.8) is 0 Å². The van der Waals surface area contributed by atoms with Crippen molar-refractivity contribution in [3.8, 4) is 5.69 Å². The van der Waals surface area contributed by atoms with Crippen molar-refractivity contribution in [1.82, 2.24) is 9.78 Å². The third kappa shape index (κ3) is 2.54. The van der Waals surface area contributed by atoms with Gasteiger partial charge in [-0.2, -0.15) is 5.10 Å². The summed E-state index contributed by atoms with van der Waals surface area (Å²) in [7, 11) is -3.21. The largest absolute Gasteiger partial charge is 0.326 e. The van der Waals surface area contributed by atoms with Crippen molar-refractivity contribution >= 4 is 9.84 Å². The van der Waals surface area contributed by atoms with Crippen LogP contribution in [0.4, 0.5) is 0 Å². The summed E-state index contributed by atoms with van der Waals surface area (Å²) < 4.78 is 24.2. The van der Waals surface area contributed by atoms with E-state index in [2.05, 4.69) is 5.10 Å². The van der Waals surface area contributed by atoms with Gasteiger partial charge in [0, 0.05) is 19.0 Å². The number of hydrogen-bond acceptors (Lipinski definition) is 4. The second kappa shape index (κ2) is 4.31. The van der Waals surface area contributed by atoms with Crippen molar-refractivity contribution in [2.24, 2.45) is 5.73 Å². The van der Waals surface area contributed by atoms with Gasteiger partial charge in [-0.15, -0.1) is 0 Å². The highest BCUT2D eigenvalue weighted by molar-refractivity contribution is 7.90. The lowest BCUT2D eigenvalue weighted by molar-refractivity contribution is 0.602. The second-order valence-electron chi connectivity index (χ2n) is 3.77. The third-order valence-electron chi connectivity index (χ3n) is 2.40. The van der Waals surface area contributed by atoms with E-state index in [0.717, 1.165) is 17.5 Å². The molecule has 6 heteroatoms. The first-order valence-electron chi connectivity index (χ1n) is 5.05. The zero-order valence-corrected chi connectivity index (χ0v) is 10.2. The first kappa shape index (κ1) is 11.8. The van der Waals surface area contributed by atoms with Gasteiger partial charge < -0.3 is 5.73 Å². The fourth-order valence-electron chi connectivity index (χ4n) is 1.46. The lowest BCUT2D eigenvalue weighted by Gasteiger charge is -2.03. The van der Waals surface area contributed by atoms with E-state index in [1.165, 1.54) is 17.1 Å². The predicted octanol–water partition coefficient (Wildman–Crippen LogP) is 0.735. The Hall–Kier alpha value is -1.66. The highest BCUT2D eigenvalue weighted by Gasteiger charge is 2.10. The van der Waals surface area contributed by atoms with Crippen LogP contribution in [0.25, 0.3) is 5.69 Å². The van der Waals surface area contributed by atoms with Gasteiger partial charge in [-0.1, -0.05) is 12.1 Å². The fourth-order valence-corrected chi connectivity index (χ4v) is 1.99. The van der Waals surface area contributed by atoms with Gasteiger partial charge in [0.05, 0.1) is 11.9 Å². The van der Waals surface area contributed by atoms with Crippen molar-refractivity contribution < 1.29 is 8.42 Å². The molecule has 0 aliphatic rings. The number of hydrogen-bond donors (Lipinski definition) is 1. The molecule has 0 radical (unpaired) electrons. The van der Waals surface area contributed by atoms with E-state index in [0.29, 0.717) is 6.54 Å². The van der Waals surface area contributed by atoms with E-state index < -0.39 is 9.84 Å². The average Bonchev–Trinajstić information content (AvgIpc) is 2.78. The Morgan fingerprint density at radius 1 is 1.41 bits per heavy atom. The molecule has 0 saturated carbocycles. The zero-order valence-electron chi connectivity index (χ0n) is 9.37. The van der Waals surface area contributed by atoms with E-state index in [1.807, 2.05) is 24.3 Å². The quantitative estimate of drug-likeness (QED) is 0.872. The molecule has 0 spiro atoms. The molecule has 17 heavy (non-hydrogen) atoms. The summed E-state index contributed by atoms with van der Waals surface area (Å²) in [6.45, 7) is 0.439. The van der Waals surface area contributed by atoms with Crippen LogP contribution in [0.3, 0.4) is 0 Å². The van der Waals surface area contributed by atoms with Gasteiger partial charge in [0.1, 0.15) is 4.90 Å². The topological polar surface area (TPSA) is 78.0 Å². The molecule has 2 aromatic rings. The first-order chi connectivity index (χ1) is 8.00. The molecular formula is C11H13N3O2S. The van der Waals surface area contributed by atoms with Crippen LogP contribution in [0.2, 0.25) is 0 Å². The van der Waals surface area contributed by atoms with E-state index in [9.17, 15) is 8.42 Å². The van der Waals surface area contributed by atoms with E-state index in [-0.39, 0.29) is 4.90 Å². The van der Waals surface area contributed by atoms with Gasteiger partial charge in [-0.3, -0.25) is 0 Å². The summed E-state index contributed by atoms with van der Waals surface area (Å²) in [6.07, 6.45) is 3.99. The molecule has 1 heterocycles. The van der Waals surface area contributed by atoms with Crippen LogP contribution in [-0.4, -0.2) is 24.5 Å². The molecule has 2 N–H and O–H groups in total. The molecule has 0 bridgehead atoms. The number of sulfone groups is 1. The smallest absolute Gasteiger partial charge is 0.178 e. The molecule has 0 amide bonds. The van der Waals surface area contributed by atoms with Crippen molar-refractivity contribution in [3.05, 3.63) is 42.2 Å². The number of benzene rings is 1. The van der Waals surface area contributed by atoms with Crippen molar-refractivity contribution in [2.75, 3.05) is 6.26 Å². The van der Waals surface area contributed by atoms with Gasteiger partial charge in [0.25, 0.3) is 0 Å². The standard InChI is InChI=1S/C11H13N3O2S/c1-17(15,16)11-7-13-14(8-11)10-4-2-3-9(5-10)6-12/h2-5,7-8H,6,12H2,1H3. The normalized spacial score (nSPS) is 11.6. The maximum atomic E-state index is 11.3. The third-order valence-corrected chi connectivity index (χ3v) is 3.46. The van der Waals surface area contributed by atoms with Crippen molar-refractivity contribution in [1.29, 1.82) is 0 Å². The Labute approximate surface area is 99.8 Å². The van der Waals surface area contributed by atoms with Crippen LogP contribution in [0.1, 0.15) is 5.56 Å². The lowest BCUT2D eigenvalue weighted by atomic mass is 10.2. The molecule has 0 unspecified atom stereocenters. The molecule has 0 aliphatic carbocycles. The monoisotopic (exact) mass is 251 g/mol. The second-order valence-corrected chi connectivity index (χ2v) is 5.78.